The molecule has 6 heteroatoms. The van der Waals surface area contributed by atoms with Crippen LogP contribution >= 0.6 is 22.9 Å². The molecule has 0 radical (unpaired) electrons. The zero-order valence-electron chi connectivity index (χ0n) is 21.3. The van der Waals surface area contributed by atoms with Crippen LogP contribution in [0.15, 0.2) is 85.3 Å². The van der Waals surface area contributed by atoms with Crippen LogP contribution in [0.1, 0.15) is 58.7 Å². The van der Waals surface area contributed by atoms with Gasteiger partial charge in [-0.05, 0) is 90.4 Å². The molecule has 4 nitrogen and oxygen atoms in total. The van der Waals surface area contributed by atoms with E-state index < -0.39 is 5.97 Å². The molecule has 0 fully saturated rings. The van der Waals surface area contributed by atoms with Crippen molar-refractivity contribution in [2.45, 2.75) is 26.7 Å². The number of ether oxygens (including phenoxy) is 1. The van der Waals surface area contributed by atoms with Crippen LogP contribution in [0.3, 0.4) is 0 Å². The Labute approximate surface area is 232 Å². The number of nitrogens with one attached hydrogen (secondary N) is 1. The van der Waals surface area contributed by atoms with Gasteiger partial charge in [0.15, 0.2) is 0 Å². The number of carboxylic acids is 1. The lowest BCUT2D eigenvalue weighted by Crippen LogP contribution is -1.97. The Morgan fingerprint density at radius 3 is 2.45 bits per heavy atom. The second-order valence-electron chi connectivity index (χ2n) is 8.46. The van der Waals surface area contributed by atoms with Gasteiger partial charge >= 0.3 is 5.97 Å². The van der Waals surface area contributed by atoms with E-state index in [1.807, 2.05) is 86.8 Å². The number of carbonyl (C=O) groups is 1. The molecule has 0 atom stereocenters. The largest absolute Gasteiger partial charge is 0.501 e. The number of aromatic carboxylic acids is 1. The van der Waals surface area contributed by atoms with Crippen molar-refractivity contribution in [3.8, 4) is 22.3 Å². The number of aromatic amines is 1. The number of rotatable bonds is 9. The zero-order chi connectivity index (χ0) is 26.9. The summed E-state index contributed by atoms with van der Waals surface area (Å²) in [6, 6.07) is 21.3. The number of benzene rings is 2. The highest BCUT2D eigenvalue weighted by Gasteiger charge is 2.19. The van der Waals surface area contributed by atoms with E-state index in [4.69, 9.17) is 16.3 Å². The van der Waals surface area contributed by atoms with Crippen LogP contribution in [-0.4, -0.2) is 22.7 Å². The highest BCUT2D eigenvalue weighted by Crippen LogP contribution is 2.37. The summed E-state index contributed by atoms with van der Waals surface area (Å²) in [6.07, 6.45) is 7.01. The van der Waals surface area contributed by atoms with Crippen molar-refractivity contribution in [3.63, 3.8) is 0 Å². The quantitative estimate of drug-likeness (QED) is 0.164. The van der Waals surface area contributed by atoms with Gasteiger partial charge in [0.2, 0.25) is 0 Å². The summed E-state index contributed by atoms with van der Waals surface area (Å²) >= 11 is 7.36. The topological polar surface area (TPSA) is 62.3 Å². The minimum atomic E-state index is -0.924. The molecule has 38 heavy (non-hydrogen) atoms. The van der Waals surface area contributed by atoms with Gasteiger partial charge < -0.3 is 14.8 Å². The van der Waals surface area contributed by atoms with Crippen LogP contribution in [0.5, 0.6) is 0 Å². The molecule has 2 heterocycles. The number of carboxylic acid groups (broad SMARTS) is 1. The van der Waals surface area contributed by atoms with E-state index in [9.17, 15) is 9.90 Å². The monoisotopic (exact) mass is 541 g/mol. The zero-order valence-corrected chi connectivity index (χ0v) is 22.8. The van der Waals surface area contributed by atoms with Gasteiger partial charge in [-0.15, -0.1) is 11.3 Å². The number of thiophene rings is 1. The van der Waals surface area contributed by atoms with Crippen molar-refractivity contribution in [1.29, 1.82) is 0 Å². The Morgan fingerprint density at radius 2 is 1.82 bits per heavy atom. The van der Waals surface area contributed by atoms with E-state index in [1.54, 1.807) is 6.26 Å². The minimum absolute atomic E-state index is 0.338. The first-order valence-electron chi connectivity index (χ1n) is 12.4. The fourth-order valence-electron chi connectivity index (χ4n) is 3.96. The molecule has 0 saturated heterocycles. The van der Waals surface area contributed by atoms with Gasteiger partial charge in [0, 0.05) is 27.2 Å². The van der Waals surface area contributed by atoms with Crippen molar-refractivity contribution in [3.05, 3.63) is 118 Å². The molecule has 4 aromatic rings. The Kier molecular flexibility index (Phi) is 9.26. The van der Waals surface area contributed by atoms with Crippen molar-refractivity contribution < 1.29 is 14.6 Å². The summed E-state index contributed by atoms with van der Waals surface area (Å²) in [5.74, 6) is 5.31. The maximum atomic E-state index is 12.2. The Bertz CT molecular complexity index is 1500. The van der Waals surface area contributed by atoms with Gasteiger partial charge in [0.1, 0.15) is 4.88 Å². The van der Waals surface area contributed by atoms with Gasteiger partial charge in [-0.25, -0.2) is 4.79 Å². The smallest absolute Gasteiger partial charge is 0.346 e. The number of aromatic nitrogens is 1. The van der Waals surface area contributed by atoms with Crippen LogP contribution in [0.2, 0.25) is 5.02 Å². The van der Waals surface area contributed by atoms with E-state index in [2.05, 4.69) is 22.9 Å². The number of halogens is 1. The van der Waals surface area contributed by atoms with Crippen molar-refractivity contribution in [1.82, 2.24) is 4.98 Å². The van der Waals surface area contributed by atoms with E-state index in [0.29, 0.717) is 29.3 Å². The van der Waals surface area contributed by atoms with Crippen LogP contribution in [0.4, 0.5) is 0 Å². The second-order valence-corrected chi connectivity index (χ2v) is 9.95. The Morgan fingerprint density at radius 1 is 1.05 bits per heavy atom. The number of H-pyrrole nitrogens is 1. The van der Waals surface area contributed by atoms with Gasteiger partial charge in [0.05, 0.1) is 18.6 Å². The van der Waals surface area contributed by atoms with Gasteiger partial charge in [-0.3, -0.25) is 0 Å². The molecule has 2 aromatic heterocycles. The summed E-state index contributed by atoms with van der Waals surface area (Å²) in [5.41, 5.74) is 6.46. The van der Waals surface area contributed by atoms with E-state index >= 15 is 0 Å². The fourth-order valence-corrected chi connectivity index (χ4v) is 5.12. The molecular formula is C32H28ClNO3S. The number of hydrogen-bond donors (Lipinski definition) is 2. The predicted octanol–water partition coefficient (Wildman–Crippen LogP) is 8.76. The maximum Gasteiger partial charge on any atom is 0.346 e. The normalized spacial score (nSPS) is 11.7. The summed E-state index contributed by atoms with van der Waals surface area (Å²) in [6.45, 7) is 4.55. The second kappa shape index (κ2) is 13.0. The molecule has 2 N–H and O–H groups in total. The van der Waals surface area contributed by atoms with Crippen LogP contribution < -0.4 is 0 Å². The van der Waals surface area contributed by atoms with Crippen LogP contribution in [0, 0.1) is 11.8 Å². The SMILES string of the molecule is CCOC=C(CC=C(CC)c1cc(-c2ccc(C#Cc3ccc[nH]3)cc2)sc1C(=O)O)c1ccc(Cl)cc1. The molecule has 2 aromatic carbocycles. The summed E-state index contributed by atoms with van der Waals surface area (Å²) < 4.78 is 5.60. The Hall–Kier alpha value is -3.98. The van der Waals surface area contributed by atoms with Crippen LogP contribution in [0.25, 0.3) is 21.6 Å². The van der Waals surface area contributed by atoms with Crippen molar-refractivity contribution in [2.24, 2.45) is 0 Å². The summed E-state index contributed by atoms with van der Waals surface area (Å²) in [4.78, 5) is 16.5. The first-order chi connectivity index (χ1) is 18.5. The van der Waals surface area contributed by atoms with Crippen molar-refractivity contribution in [2.75, 3.05) is 6.61 Å². The number of hydrogen-bond acceptors (Lipinski definition) is 3. The minimum Gasteiger partial charge on any atom is -0.501 e. The molecule has 0 saturated carbocycles. The standard InChI is InChI=1S/C32H28ClNO3S/c1-3-23(12-13-26(21-37-4-2)24-14-16-27(33)17-15-24)29-20-30(38-31(29)32(35)36)25-10-7-22(8-11-25)9-18-28-6-5-19-34-28/h5-8,10-12,14-17,19-21,34H,3-4,13H2,1-2H3,(H,35,36). The lowest BCUT2D eigenvalue weighted by atomic mass is 9.97. The third-order valence-electron chi connectivity index (χ3n) is 5.94. The van der Waals surface area contributed by atoms with Gasteiger partial charge in [0.25, 0.3) is 0 Å². The Balaban J connectivity index is 1.62. The van der Waals surface area contributed by atoms with Crippen molar-refractivity contribution >= 4 is 40.1 Å². The molecule has 0 aliphatic rings. The third kappa shape index (κ3) is 6.86. The molecule has 0 aliphatic carbocycles. The van der Waals surface area contributed by atoms with E-state index in [0.717, 1.165) is 44.0 Å². The fraction of sp³-hybridized carbons (Fsp3) is 0.156. The summed E-state index contributed by atoms with van der Waals surface area (Å²) in [5, 5.41) is 10.7. The third-order valence-corrected chi connectivity index (χ3v) is 7.36. The first kappa shape index (κ1) is 27.1. The molecule has 0 spiro atoms. The first-order valence-corrected chi connectivity index (χ1v) is 13.6. The molecular weight excluding hydrogens is 514 g/mol. The lowest BCUT2D eigenvalue weighted by molar-refractivity contribution is 0.0702. The maximum absolute atomic E-state index is 12.2. The lowest BCUT2D eigenvalue weighted by Gasteiger charge is -2.09. The average Bonchev–Trinajstić information content (AvgIpc) is 3.61. The van der Waals surface area contributed by atoms with Crippen LogP contribution in [-0.2, 0) is 4.74 Å². The summed E-state index contributed by atoms with van der Waals surface area (Å²) in [7, 11) is 0. The van der Waals surface area contributed by atoms with E-state index in [-0.39, 0.29) is 0 Å². The highest BCUT2D eigenvalue weighted by atomic mass is 35.5. The molecule has 4 rings (SSSR count). The molecule has 0 aliphatic heterocycles. The number of allylic oxidation sites excluding steroid dienone is 3. The van der Waals surface area contributed by atoms with E-state index in [1.165, 1.54) is 11.3 Å². The van der Waals surface area contributed by atoms with Gasteiger partial charge in [-0.2, -0.15) is 0 Å². The highest BCUT2D eigenvalue weighted by molar-refractivity contribution is 7.17. The molecule has 0 bridgehead atoms. The average molecular weight is 542 g/mol. The van der Waals surface area contributed by atoms with Gasteiger partial charge in [-0.1, -0.05) is 54.8 Å². The molecule has 0 unspecified atom stereocenters. The predicted molar refractivity (Wildman–Crippen MR) is 157 cm³/mol. The molecule has 192 valence electrons. The molecule has 0 amide bonds.